The van der Waals surface area contributed by atoms with E-state index in [2.05, 4.69) is 52.0 Å². The van der Waals surface area contributed by atoms with Gasteiger partial charge < -0.3 is 0 Å². The van der Waals surface area contributed by atoms with Crippen LogP contribution >= 0.6 is 0 Å². The molecule has 14 heavy (non-hydrogen) atoms. The zero-order valence-electron chi connectivity index (χ0n) is 9.67. The highest BCUT2D eigenvalue weighted by Gasteiger charge is 2.34. The van der Waals surface area contributed by atoms with Gasteiger partial charge in [-0.05, 0) is 29.2 Å². The van der Waals surface area contributed by atoms with E-state index in [1.165, 1.54) is 12.0 Å². The van der Waals surface area contributed by atoms with E-state index in [-0.39, 0.29) is 0 Å². The third-order valence-electron chi connectivity index (χ3n) is 3.84. The first-order valence-electron chi connectivity index (χ1n) is 5.61. The standard InChI is InChI=1S/C14H20/c1-10-5-8-13(9-10)14(3,4)11(2)12-6-7-12/h5-6,8-11H,7H2,1-4H3. The second-order valence-electron chi connectivity index (χ2n) is 5.27. The zero-order chi connectivity index (χ0) is 10.3. The van der Waals surface area contributed by atoms with Crippen LogP contribution in [0.1, 0.15) is 34.1 Å². The van der Waals surface area contributed by atoms with Crippen LogP contribution in [0.3, 0.4) is 0 Å². The molecule has 0 heteroatoms. The van der Waals surface area contributed by atoms with Gasteiger partial charge in [-0.3, -0.25) is 0 Å². The summed E-state index contributed by atoms with van der Waals surface area (Å²) in [6.45, 7) is 9.34. The fourth-order valence-corrected chi connectivity index (χ4v) is 2.21. The highest BCUT2D eigenvalue weighted by molar-refractivity contribution is 5.38. The van der Waals surface area contributed by atoms with Gasteiger partial charge in [0.2, 0.25) is 0 Å². The van der Waals surface area contributed by atoms with Crippen LogP contribution in [0, 0.1) is 17.3 Å². The van der Waals surface area contributed by atoms with Crippen molar-refractivity contribution < 1.29 is 0 Å². The number of hydrogen-bond acceptors (Lipinski definition) is 0. The van der Waals surface area contributed by atoms with Crippen LogP contribution in [0.15, 0.2) is 35.5 Å². The molecule has 0 N–H and O–H groups in total. The first-order chi connectivity index (χ1) is 6.51. The van der Waals surface area contributed by atoms with E-state index in [4.69, 9.17) is 0 Å². The van der Waals surface area contributed by atoms with Crippen molar-refractivity contribution in [2.24, 2.45) is 17.3 Å². The van der Waals surface area contributed by atoms with Gasteiger partial charge in [-0.15, -0.1) is 0 Å². The van der Waals surface area contributed by atoms with Crippen molar-refractivity contribution in [1.82, 2.24) is 0 Å². The Morgan fingerprint density at radius 2 is 2.07 bits per heavy atom. The molecule has 0 aliphatic heterocycles. The molecule has 0 aromatic rings. The Morgan fingerprint density at radius 1 is 1.43 bits per heavy atom. The molecule has 76 valence electrons. The Hall–Kier alpha value is -0.780. The van der Waals surface area contributed by atoms with Gasteiger partial charge in [0, 0.05) is 0 Å². The molecule has 0 radical (unpaired) electrons. The summed E-state index contributed by atoms with van der Waals surface area (Å²) < 4.78 is 0. The topological polar surface area (TPSA) is 0 Å². The van der Waals surface area contributed by atoms with Crippen LogP contribution in [0.25, 0.3) is 0 Å². The van der Waals surface area contributed by atoms with Crippen molar-refractivity contribution >= 4 is 0 Å². The van der Waals surface area contributed by atoms with E-state index in [1.807, 2.05) is 0 Å². The zero-order valence-corrected chi connectivity index (χ0v) is 9.67. The summed E-state index contributed by atoms with van der Waals surface area (Å²) in [5.41, 5.74) is 3.47. The molecule has 0 heterocycles. The second-order valence-corrected chi connectivity index (χ2v) is 5.27. The molecule has 2 aliphatic carbocycles. The van der Waals surface area contributed by atoms with Gasteiger partial charge in [0.25, 0.3) is 0 Å². The molecule has 0 nitrogen and oxygen atoms in total. The summed E-state index contributed by atoms with van der Waals surface area (Å²) in [5, 5.41) is 0. The fraction of sp³-hybridized carbons (Fsp3) is 0.571. The van der Waals surface area contributed by atoms with Crippen molar-refractivity contribution in [3.63, 3.8) is 0 Å². The first-order valence-corrected chi connectivity index (χ1v) is 5.61. The SMILES string of the molecule is CC1C=CC(C(C)(C)C(C)C2=CC2)=C1. The van der Waals surface area contributed by atoms with Crippen molar-refractivity contribution in [1.29, 1.82) is 0 Å². The van der Waals surface area contributed by atoms with Gasteiger partial charge in [-0.2, -0.15) is 0 Å². The first kappa shape index (κ1) is 9.76. The van der Waals surface area contributed by atoms with Gasteiger partial charge in [-0.25, -0.2) is 0 Å². The van der Waals surface area contributed by atoms with Crippen molar-refractivity contribution in [2.45, 2.75) is 34.1 Å². The fourth-order valence-electron chi connectivity index (χ4n) is 2.21. The maximum Gasteiger partial charge on any atom is -0.00438 e. The van der Waals surface area contributed by atoms with E-state index in [9.17, 15) is 0 Å². The Bertz CT molecular complexity index is 326. The highest BCUT2D eigenvalue weighted by atomic mass is 14.4. The Labute approximate surface area is 87.4 Å². The minimum absolute atomic E-state index is 0.309. The Balaban J connectivity index is 2.19. The molecular weight excluding hydrogens is 168 g/mol. The monoisotopic (exact) mass is 188 g/mol. The normalized spacial score (nSPS) is 27.3. The molecule has 0 bridgehead atoms. The molecule has 0 amide bonds. The summed E-state index contributed by atoms with van der Waals surface area (Å²) in [7, 11) is 0. The summed E-state index contributed by atoms with van der Waals surface area (Å²) >= 11 is 0. The molecule has 2 rings (SSSR count). The second kappa shape index (κ2) is 3.12. The number of hydrogen-bond donors (Lipinski definition) is 0. The smallest absolute Gasteiger partial charge is 0.00438 e. The van der Waals surface area contributed by atoms with Crippen LogP contribution in [-0.2, 0) is 0 Å². The lowest BCUT2D eigenvalue weighted by Gasteiger charge is -2.31. The van der Waals surface area contributed by atoms with Crippen LogP contribution in [0.5, 0.6) is 0 Å². The predicted molar refractivity (Wildman–Crippen MR) is 62.0 cm³/mol. The van der Waals surface area contributed by atoms with Crippen LogP contribution in [-0.4, -0.2) is 0 Å². The lowest BCUT2D eigenvalue weighted by molar-refractivity contribution is 0.341. The highest BCUT2D eigenvalue weighted by Crippen LogP contribution is 2.46. The van der Waals surface area contributed by atoms with E-state index in [0.717, 1.165) is 0 Å². The maximum absolute atomic E-state index is 2.40. The van der Waals surface area contributed by atoms with Gasteiger partial charge in [0.15, 0.2) is 0 Å². The lowest BCUT2D eigenvalue weighted by Crippen LogP contribution is -2.22. The summed E-state index contributed by atoms with van der Waals surface area (Å²) in [6.07, 6.45) is 10.6. The molecule has 0 saturated carbocycles. The molecular formula is C14H20. The van der Waals surface area contributed by atoms with Crippen LogP contribution < -0.4 is 0 Å². The number of allylic oxidation sites excluding steroid dienone is 6. The van der Waals surface area contributed by atoms with Gasteiger partial charge in [0.1, 0.15) is 0 Å². The lowest BCUT2D eigenvalue weighted by atomic mass is 9.73. The van der Waals surface area contributed by atoms with Crippen molar-refractivity contribution in [2.75, 3.05) is 0 Å². The largest absolute Gasteiger partial charge is 0.0806 e. The quantitative estimate of drug-likeness (QED) is 0.585. The minimum Gasteiger partial charge on any atom is -0.0806 e. The minimum atomic E-state index is 0.309. The summed E-state index contributed by atoms with van der Waals surface area (Å²) in [4.78, 5) is 0. The van der Waals surface area contributed by atoms with E-state index in [1.54, 1.807) is 5.57 Å². The van der Waals surface area contributed by atoms with E-state index < -0.39 is 0 Å². The molecule has 0 spiro atoms. The molecule has 2 aliphatic rings. The van der Waals surface area contributed by atoms with Gasteiger partial charge in [0.05, 0.1) is 0 Å². The molecule has 0 fully saturated rings. The Kier molecular flexibility index (Phi) is 2.17. The summed E-state index contributed by atoms with van der Waals surface area (Å²) in [6, 6.07) is 0. The Morgan fingerprint density at radius 3 is 2.50 bits per heavy atom. The van der Waals surface area contributed by atoms with E-state index >= 15 is 0 Å². The van der Waals surface area contributed by atoms with Crippen molar-refractivity contribution in [3.8, 4) is 0 Å². The molecule has 0 aromatic heterocycles. The van der Waals surface area contributed by atoms with Crippen LogP contribution in [0.4, 0.5) is 0 Å². The third-order valence-corrected chi connectivity index (χ3v) is 3.84. The molecule has 2 atom stereocenters. The summed E-state index contributed by atoms with van der Waals surface area (Å²) in [5.74, 6) is 1.33. The number of rotatable bonds is 3. The maximum atomic E-state index is 2.40. The molecule has 2 unspecified atom stereocenters. The van der Waals surface area contributed by atoms with Gasteiger partial charge >= 0.3 is 0 Å². The van der Waals surface area contributed by atoms with Crippen LogP contribution in [0.2, 0.25) is 0 Å². The predicted octanol–water partition coefficient (Wildman–Crippen LogP) is 4.11. The third kappa shape index (κ3) is 1.58. The average molecular weight is 188 g/mol. The molecule has 0 aromatic carbocycles. The van der Waals surface area contributed by atoms with Gasteiger partial charge in [-0.1, -0.05) is 57.6 Å². The molecule has 0 saturated heterocycles. The average Bonchev–Trinajstić information content (AvgIpc) is 2.87. The van der Waals surface area contributed by atoms with Crippen molar-refractivity contribution in [3.05, 3.63) is 35.5 Å². The van der Waals surface area contributed by atoms with E-state index in [0.29, 0.717) is 17.3 Å².